The van der Waals surface area contributed by atoms with Gasteiger partial charge in [0, 0.05) is 24.3 Å². The molecule has 0 atom stereocenters. The average molecular weight is 317 g/mol. The van der Waals surface area contributed by atoms with Gasteiger partial charge in [-0.25, -0.2) is 9.97 Å². The molecule has 1 heterocycles. The third-order valence-corrected chi connectivity index (χ3v) is 3.16. The first-order valence-corrected chi connectivity index (χ1v) is 7.27. The van der Waals surface area contributed by atoms with Crippen LogP contribution < -0.4 is 10.6 Å². The largest absolute Gasteiger partial charge is 0.351 e. The summed E-state index contributed by atoms with van der Waals surface area (Å²) in [6, 6.07) is 9.13. The van der Waals surface area contributed by atoms with Crippen LogP contribution in [0.4, 0.5) is 5.95 Å². The number of halogens is 1. The molecule has 5 nitrogen and oxygen atoms in total. The van der Waals surface area contributed by atoms with Crippen LogP contribution in [-0.2, 0) is 6.42 Å². The van der Waals surface area contributed by atoms with Gasteiger partial charge in [0.25, 0.3) is 5.91 Å². The van der Waals surface area contributed by atoms with Crippen LogP contribution in [0.3, 0.4) is 0 Å². The summed E-state index contributed by atoms with van der Waals surface area (Å²) in [5.74, 6) is 0.184. The zero-order chi connectivity index (χ0) is 15.8. The van der Waals surface area contributed by atoms with Crippen LogP contribution in [-0.4, -0.2) is 29.0 Å². The van der Waals surface area contributed by atoms with Crippen molar-refractivity contribution in [2.24, 2.45) is 0 Å². The van der Waals surface area contributed by atoms with Gasteiger partial charge in [0.15, 0.2) is 0 Å². The lowest BCUT2D eigenvalue weighted by atomic mass is 10.1. The topological polar surface area (TPSA) is 66.9 Å². The molecule has 2 aromatic rings. The fourth-order valence-corrected chi connectivity index (χ4v) is 1.92. The maximum atomic E-state index is 12.0. The van der Waals surface area contributed by atoms with E-state index in [1.54, 1.807) is 18.3 Å². The molecule has 0 aliphatic heterocycles. The zero-order valence-corrected chi connectivity index (χ0v) is 12.8. The fraction of sp³-hybridized carbons (Fsp3) is 0.188. The number of carbonyl (C=O) groups excluding carboxylic acids is 1. The predicted molar refractivity (Wildman–Crippen MR) is 88.2 cm³/mol. The molecule has 2 N–H and O–H groups in total. The minimum atomic E-state index is -0.224. The second kappa shape index (κ2) is 8.14. The number of benzene rings is 1. The van der Waals surface area contributed by atoms with E-state index in [9.17, 15) is 4.79 Å². The Morgan fingerprint density at radius 2 is 2.05 bits per heavy atom. The molecule has 0 fully saturated rings. The molecule has 1 aromatic carbocycles. The third kappa shape index (κ3) is 4.86. The summed E-state index contributed by atoms with van der Waals surface area (Å²) in [6.07, 6.45) is 3.98. The minimum Gasteiger partial charge on any atom is -0.351 e. The summed E-state index contributed by atoms with van der Waals surface area (Å²) in [4.78, 5) is 20.2. The summed E-state index contributed by atoms with van der Waals surface area (Å²) in [6.45, 7) is 4.67. The molecule has 1 aromatic heterocycles. The monoisotopic (exact) mass is 316 g/mol. The number of amides is 1. The molecule has 0 spiro atoms. The van der Waals surface area contributed by atoms with Crippen LogP contribution in [0.2, 0.25) is 5.02 Å². The number of hydrogen-bond donors (Lipinski definition) is 2. The Morgan fingerprint density at radius 1 is 1.27 bits per heavy atom. The minimum absolute atomic E-state index is 0.224. The van der Waals surface area contributed by atoms with Crippen molar-refractivity contribution in [2.45, 2.75) is 6.42 Å². The van der Waals surface area contributed by atoms with Crippen molar-refractivity contribution in [3.05, 3.63) is 65.5 Å². The highest BCUT2D eigenvalue weighted by atomic mass is 35.5. The number of hydrogen-bond acceptors (Lipinski definition) is 4. The summed E-state index contributed by atoms with van der Waals surface area (Å²) in [5, 5.41) is 6.48. The van der Waals surface area contributed by atoms with E-state index in [4.69, 9.17) is 11.6 Å². The standard InChI is InChI=1S/C16H17ClN4O/c1-2-9-19-16-20-11-8-14(21-16)15(22)18-10-7-12-3-5-13(17)6-4-12/h2-6,8,11H,1,7,9-10H2,(H,18,22)(H,19,20,21). The SMILES string of the molecule is C=CCNc1nccc(C(=O)NCCc2ccc(Cl)cc2)n1. The van der Waals surface area contributed by atoms with Crippen molar-refractivity contribution in [1.29, 1.82) is 0 Å². The molecule has 0 aliphatic rings. The summed E-state index contributed by atoms with van der Waals surface area (Å²) in [5.41, 5.74) is 1.44. The van der Waals surface area contributed by atoms with Crippen LogP contribution in [0, 0.1) is 0 Å². The van der Waals surface area contributed by atoms with Crippen LogP contribution in [0.25, 0.3) is 0 Å². The van der Waals surface area contributed by atoms with Gasteiger partial charge in [0.2, 0.25) is 5.95 Å². The molecule has 2 rings (SSSR count). The van der Waals surface area contributed by atoms with Crippen LogP contribution in [0.1, 0.15) is 16.1 Å². The zero-order valence-electron chi connectivity index (χ0n) is 12.1. The number of aromatic nitrogens is 2. The van der Waals surface area contributed by atoms with Crippen LogP contribution in [0.15, 0.2) is 49.2 Å². The number of rotatable bonds is 7. The normalized spacial score (nSPS) is 10.0. The van der Waals surface area contributed by atoms with E-state index in [1.807, 2.05) is 24.3 Å². The van der Waals surface area contributed by atoms with Gasteiger partial charge in [-0.05, 0) is 30.2 Å². The highest BCUT2D eigenvalue weighted by molar-refractivity contribution is 6.30. The van der Waals surface area contributed by atoms with E-state index in [-0.39, 0.29) is 5.91 Å². The number of anilines is 1. The lowest BCUT2D eigenvalue weighted by Crippen LogP contribution is -2.26. The Balaban J connectivity index is 1.86. The highest BCUT2D eigenvalue weighted by Gasteiger charge is 2.08. The molecule has 22 heavy (non-hydrogen) atoms. The van der Waals surface area contributed by atoms with Crippen molar-refractivity contribution in [1.82, 2.24) is 15.3 Å². The third-order valence-electron chi connectivity index (χ3n) is 2.91. The summed E-state index contributed by atoms with van der Waals surface area (Å²) < 4.78 is 0. The smallest absolute Gasteiger partial charge is 0.270 e. The van der Waals surface area contributed by atoms with Crippen LogP contribution in [0.5, 0.6) is 0 Å². The molecule has 0 aliphatic carbocycles. The molecule has 0 bridgehead atoms. The number of nitrogens with zero attached hydrogens (tertiary/aromatic N) is 2. The summed E-state index contributed by atoms with van der Waals surface area (Å²) >= 11 is 5.83. The van der Waals surface area contributed by atoms with Gasteiger partial charge in [-0.2, -0.15) is 0 Å². The van der Waals surface area contributed by atoms with E-state index < -0.39 is 0 Å². The number of nitrogens with one attached hydrogen (secondary N) is 2. The molecule has 0 unspecified atom stereocenters. The summed E-state index contributed by atoms with van der Waals surface area (Å²) in [7, 11) is 0. The van der Waals surface area contributed by atoms with Crippen molar-refractivity contribution in [2.75, 3.05) is 18.4 Å². The first-order chi connectivity index (χ1) is 10.7. The Labute approximate surface area is 134 Å². The first-order valence-electron chi connectivity index (χ1n) is 6.89. The molecular weight excluding hydrogens is 300 g/mol. The maximum absolute atomic E-state index is 12.0. The van der Waals surface area contributed by atoms with Gasteiger partial charge in [0.1, 0.15) is 5.69 Å². The quantitative estimate of drug-likeness (QED) is 0.771. The van der Waals surface area contributed by atoms with E-state index >= 15 is 0 Å². The van der Waals surface area contributed by atoms with Crippen molar-refractivity contribution >= 4 is 23.5 Å². The molecule has 6 heteroatoms. The molecule has 1 amide bonds. The Hall–Kier alpha value is -2.40. The van der Waals surface area contributed by atoms with Gasteiger partial charge in [0.05, 0.1) is 0 Å². The lowest BCUT2D eigenvalue weighted by Gasteiger charge is -2.06. The lowest BCUT2D eigenvalue weighted by molar-refractivity contribution is 0.0949. The first kappa shape index (κ1) is 16.0. The van der Waals surface area contributed by atoms with Crippen molar-refractivity contribution in [3.63, 3.8) is 0 Å². The Bertz CT molecular complexity index is 643. The van der Waals surface area contributed by atoms with E-state index in [0.29, 0.717) is 29.8 Å². The molecule has 114 valence electrons. The van der Waals surface area contributed by atoms with E-state index in [1.165, 1.54) is 0 Å². The predicted octanol–water partition coefficient (Wildman–Crippen LogP) is 2.70. The van der Waals surface area contributed by atoms with Gasteiger partial charge in [-0.15, -0.1) is 6.58 Å². The second-order valence-electron chi connectivity index (χ2n) is 4.57. The van der Waals surface area contributed by atoms with Gasteiger partial charge in [-0.3, -0.25) is 4.79 Å². The van der Waals surface area contributed by atoms with Crippen LogP contribution >= 0.6 is 11.6 Å². The Kier molecular flexibility index (Phi) is 5.91. The average Bonchev–Trinajstić information content (AvgIpc) is 2.55. The van der Waals surface area contributed by atoms with Crippen molar-refractivity contribution < 1.29 is 4.79 Å². The van der Waals surface area contributed by atoms with Gasteiger partial charge >= 0.3 is 0 Å². The number of carbonyl (C=O) groups is 1. The molecular formula is C16H17ClN4O. The van der Waals surface area contributed by atoms with Crippen molar-refractivity contribution in [3.8, 4) is 0 Å². The second-order valence-corrected chi connectivity index (χ2v) is 5.00. The van der Waals surface area contributed by atoms with E-state index in [0.717, 1.165) is 12.0 Å². The van der Waals surface area contributed by atoms with E-state index in [2.05, 4.69) is 27.2 Å². The molecule has 0 radical (unpaired) electrons. The molecule has 0 saturated carbocycles. The fourth-order valence-electron chi connectivity index (χ4n) is 1.80. The molecule has 0 saturated heterocycles. The Morgan fingerprint density at radius 3 is 2.77 bits per heavy atom. The van der Waals surface area contributed by atoms with Gasteiger partial charge < -0.3 is 10.6 Å². The highest BCUT2D eigenvalue weighted by Crippen LogP contribution is 2.09. The van der Waals surface area contributed by atoms with Gasteiger partial charge in [-0.1, -0.05) is 29.8 Å². The maximum Gasteiger partial charge on any atom is 0.270 e.